The average molecular weight is 249 g/mol. The number of aromatic hydroxyl groups is 1. The van der Waals surface area contributed by atoms with Crippen molar-refractivity contribution in [3.05, 3.63) is 29.3 Å². The molecule has 1 aromatic carbocycles. The van der Waals surface area contributed by atoms with E-state index in [0.29, 0.717) is 30.6 Å². The van der Waals surface area contributed by atoms with Gasteiger partial charge in [-0.15, -0.1) is 0 Å². The fraction of sp³-hybridized carbons (Fsp3) is 0.500. The number of phenols is 1. The van der Waals surface area contributed by atoms with Crippen LogP contribution in [0.3, 0.4) is 0 Å². The first kappa shape index (κ1) is 12.9. The Labute approximate surface area is 107 Å². The highest BCUT2D eigenvalue weighted by molar-refractivity contribution is 5.94. The number of carbonyl (C=O) groups excluding carboxylic acids is 1. The van der Waals surface area contributed by atoms with E-state index in [9.17, 15) is 15.0 Å². The molecule has 1 aliphatic rings. The van der Waals surface area contributed by atoms with Gasteiger partial charge in [0.1, 0.15) is 5.75 Å². The Hall–Kier alpha value is -1.55. The van der Waals surface area contributed by atoms with Crippen molar-refractivity contribution in [2.75, 3.05) is 13.1 Å². The summed E-state index contributed by atoms with van der Waals surface area (Å²) in [6.07, 6.45) is 0.319. The summed E-state index contributed by atoms with van der Waals surface area (Å²) in [7, 11) is 0. The van der Waals surface area contributed by atoms with Crippen molar-refractivity contribution in [3.63, 3.8) is 0 Å². The molecule has 1 fully saturated rings. The minimum Gasteiger partial charge on any atom is -0.508 e. The summed E-state index contributed by atoms with van der Waals surface area (Å²) in [5.41, 5.74) is 1.29. The molecule has 0 spiro atoms. The van der Waals surface area contributed by atoms with Crippen molar-refractivity contribution in [1.82, 2.24) is 4.90 Å². The lowest BCUT2D eigenvalue weighted by atomic mass is 9.96. The number of rotatable bonds is 1. The number of aliphatic hydroxyl groups excluding tert-OH is 1. The van der Waals surface area contributed by atoms with Crippen LogP contribution in [-0.4, -0.2) is 40.2 Å². The number of phenolic OH excluding ortho intramolecular Hbond substituents is 1. The van der Waals surface area contributed by atoms with Crippen LogP contribution in [0.1, 0.15) is 29.3 Å². The first-order valence-electron chi connectivity index (χ1n) is 6.26. The third-order valence-electron chi connectivity index (χ3n) is 3.59. The van der Waals surface area contributed by atoms with E-state index in [2.05, 4.69) is 0 Å². The molecule has 4 heteroatoms. The van der Waals surface area contributed by atoms with E-state index in [4.69, 9.17) is 0 Å². The molecule has 2 N–H and O–H groups in total. The lowest BCUT2D eigenvalue weighted by molar-refractivity contribution is 0.0297. The van der Waals surface area contributed by atoms with Crippen LogP contribution >= 0.6 is 0 Å². The molecule has 0 aromatic heterocycles. The molecule has 0 aliphatic carbocycles. The molecule has 1 amide bonds. The molecule has 0 bridgehead atoms. The largest absolute Gasteiger partial charge is 0.508 e. The molecule has 1 heterocycles. The number of nitrogens with zero attached hydrogens (tertiary/aromatic N) is 1. The monoisotopic (exact) mass is 249 g/mol. The first-order chi connectivity index (χ1) is 8.49. The topological polar surface area (TPSA) is 60.8 Å². The van der Waals surface area contributed by atoms with Crippen molar-refractivity contribution >= 4 is 5.91 Å². The molecule has 4 nitrogen and oxygen atoms in total. The van der Waals surface area contributed by atoms with E-state index in [0.717, 1.165) is 0 Å². The molecular weight excluding hydrogens is 230 g/mol. The number of likely N-dealkylation sites (tertiary alicyclic amines) is 1. The van der Waals surface area contributed by atoms with Crippen LogP contribution < -0.4 is 0 Å². The molecule has 18 heavy (non-hydrogen) atoms. The Morgan fingerprint density at radius 2 is 2.17 bits per heavy atom. The van der Waals surface area contributed by atoms with Gasteiger partial charge in [-0.3, -0.25) is 4.79 Å². The molecule has 0 saturated carbocycles. The van der Waals surface area contributed by atoms with Gasteiger partial charge in [-0.1, -0.05) is 6.92 Å². The van der Waals surface area contributed by atoms with Crippen LogP contribution in [0.2, 0.25) is 0 Å². The summed E-state index contributed by atoms with van der Waals surface area (Å²) < 4.78 is 0. The Morgan fingerprint density at radius 1 is 1.44 bits per heavy atom. The number of hydrogen-bond acceptors (Lipinski definition) is 3. The Balaban J connectivity index is 2.14. The Bertz CT molecular complexity index is 458. The molecule has 2 unspecified atom stereocenters. The summed E-state index contributed by atoms with van der Waals surface area (Å²) in [5, 5.41) is 19.1. The van der Waals surface area contributed by atoms with Gasteiger partial charge in [0, 0.05) is 18.7 Å². The molecule has 1 saturated heterocycles. The predicted octanol–water partition coefficient (Wildman–Crippen LogP) is 1.54. The number of amides is 1. The van der Waals surface area contributed by atoms with Crippen LogP contribution in [0.15, 0.2) is 18.2 Å². The lowest BCUT2D eigenvalue weighted by Crippen LogP contribution is -2.44. The highest BCUT2D eigenvalue weighted by atomic mass is 16.3. The number of carbonyl (C=O) groups is 1. The Kier molecular flexibility index (Phi) is 3.57. The second kappa shape index (κ2) is 4.98. The Morgan fingerprint density at radius 3 is 2.78 bits per heavy atom. The molecule has 98 valence electrons. The van der Waals surface area contributed by atoms with Gasteiger partial charge in [-0.05, 0) is 43.0 Å². The van der Waals surface area contributed by atoms with Gasteiger partial charge in [-0.25, -0.2) is 0 Å². The fourth-order valence-electron chi connectivity index (χ4n) is 2.29. The fourth-order valence-corrected chi connectivity index (χ4v) is 2.29. The zero-order chi connectivity index (χ0) is 13.3. The van der Waals surface area contributed by atoms with E-state index >= 15 is 0 Å². The van der Waals surface area contributed by atoms with Gasteiger partial charge >= 0.3 is 0 Å². The van der Waals surface area contributed by atoms with Crippen LogP contribution in [-0.2, 0) is 0 Å². The smallest absolute Gasteiger partial charge is 0.253 e. The van der Waals surface area contributed by atoms with E-state index < -0.39 is 0 Å². The zero-order valence-electron chi connectivity index (χ0n) is 10.8. The molecule has 2 atom stereocenters. The molecular formula is C14H19NO3. The highest BCUT2D eigenvalue weighted by Crippen LogP contribution is 2.21. The van der Waals surface area contributed by atoms with E-state index in [1.165, 1.54) is 0 Å². The standard InChI is InChI=1S/C14H19NO3/c1-9-7-11(3-4-12(9)16)14(18)15-6-5-13(17)10(2)8-15/h3-4,7,10,13,16-17H,5-6,8H2,1-2H3. The minimum absolute atomic E-state index is 0.0307. The van der Waals surface area contributed by atoms with Gasteiger partial charge < -0.3 is 15.1 Å². The minimum atomic E-state index is -0.310. The SMILES string of the molecule is Cc1cc(C(=O)N2CCC(O)C(C)C2)ccc1O. The summed E-state index contributed by atoms with van der Waals surface area (Å²) in [6.45, 7) is 4.89. The number of hydrogen-bond donors (Lipinski definition) is 2. The summed E-state index contributed by atoms with van der Waals surface area (Å²) >= 11 is 0. The van der Waals surface area contributed by atoms with Crippen molar-refractivity contribution in [1.29, 1.82) is 0 Å². The van der Waals surface area contributed by atoms with Crippen molar-refractivity contribution in [2.45, 2.75) is 26.4 Å². The van der Waals surface area contributed by atoms with Gasteiger partial charge in [-0.2, -0.15) is 0 Å². The van der Waals surface area contributed by atoms with Crippen molar-refractivity contribution in [3.8, 4) is 5.75 Å². The second-order valence-electron chi connectivity index (χ2n) is 5.09. The maximum absolute atomic E-state index is 12.3. The summed E-state index contributed by atoms with van der Waals surface area (Å²) in [5.74, 6) is 0.284. The van der Waals surface area contributed by atoms with Crippen LogP contribution in [0.4, 0.5) is 0 Å². The predicted molar refractivity (Wildman–Crippen MR) is 68.5 cm³/mol. The first-order valence-corrected chi connectivity index (χ1v) is 6.26. The average Bonchev–Trinajstić information content (AvgIpc) is 2.35. The van der Waals surface area contributed by atoms with Gasteiger partial charge in [0.2, 0.25) is 0 Å². The van der Waals surface area contributed by atoms with E-state index in [-0.39, 0.29) is 23.7 Å². The highest BCUT2D eigenvalue weighted by Gasteiger charge is 2.27. The summed E-state index contributed by atoms with van der Waals surface area (Å²) in [4.78, 5) is 14.0. The van der Waals surface area contributed by atoms with Gasteiger partial charge in [0.05, 0.1) is 6.10 Å². The maximum atomic E-state index is 12.3. The number of aliphatic hydroxyl groups is 1. The molecule has 2 rings (SSSR count). The zero-order valence-corrected chi connectivity index (χ0v) is 10.8. The number of benzene rings is 1. The second-order valence-corrected chi connectivity index (χ2v) is 5.09. The molecule has 1 aromatic rings. The van der Waals surface area contributed by atoms with Crippen molar-refractivity contribution in [2.24, 2.45) is 5.92 Å². The van der Waals surface area contributed by atoms with Crippen LogP contribution in [0.25, 0.3) is 0 Å². The molecule has 1 aliphatic heterocycles. The van der Waals surface area contributed by atoms with Gasteiger partial charge in [0.25, 0.3) is 5.91 Å². The molecule has 0 radical (unpaired) electrons. The van der Waals surface area contributed by atoms with Crippen molar-refractivity contribution < 1.29 is 15.0 Å². The quantitative estimate of drug-likeness (QED) is 0.793. The summed E-state index contributed by atoms with van der Waals surface area (Å²) in [6, 6.07) is 4.89. The lowest BCUT2D eigenvalue weighted by Gasteiger charge is -2.34. The number of piperidine rings is 1. The van der Waals surface area contributed by atoms with Crippen LogP contribution in [0, 0.1) is 12.8 Å². The van der Waals surface area contributed by atoms with Gasteiger partial charge in [0.15, 0.2) is 0 Å². The third-order valence-corrected chi connectivity index (χ3v) is 3.59. The van der Waals surface area contributed by atoms with E-state index in [1.807, 2.05) is 6.92 Å². The van der Waals surface area contributed by atoms with Crippen LogP contribution in [0.5, 0.6) is 5.75 Å². The normalized spacial score (nSPS) is 24.1. The third kappa shape index (κ3) is 2.48. The maximum Gasteiger partial charge on any atom is 0.253 e. The van der Waals surface area contributed by atoms with E-state index in [1.54, 1.807) is 30.0 Å². The number of aryl methyl sites for hydroxylation is 1.